The van der Waals surface area contributed by atoms with Crippen molar-refractivity contribution in [3.8, 4) is 5.75 Å². The minimum Gasteiger partial charge on any atom is -0.508 e. The second kappa shape index (κ2) is 13.4. The van der Waals surface area contributed by atoms with E-state index in [1.54, 1.807) is 0 Å². The first-order valence-electron chi connectivity index (χ1n) is 10.1. The van der Waals surface area contributed by atoms with Gasteiger partial charge in [0.1, 0.15) is 23.9 Å². The van der Waals surface area contributed by atoms with E-state index in [2.05, 4.69) is 16.0 Å². The Labute approximate surface area is 194 Å². The molecule has 3 atom stereocenters. The van der Waals surface area contributed by atoms with Crippen molar-refractivity contribution in [3.63, 3.8) is 0 Å². The molecule has 1 rings (SSSR count). The molecule has 14 heteroatoms. The zero-order valence-corrected chi connectivity index (χ0v) is 18.2. The molecule has 0 aromatic heterocycles. The van der Waals surface area contributed by atoms with E-state index in [-0.39, 0.29) is 25.0 Å². The molecule has 0 spiro atoms. The molecule has 1 aromatic carbocycles. The van der Waals surface area contributed by atoms with E-state index in [1.807, 2.05) is 0 Å². The Bertz CT molecular complexity index is 920. The number of phenols is 1. The minimum atomic E-state index is -1.57. The summed E-state index contributed by atoms with van der Waals surface area (Å²) in [6.07, 6.45) is -1.32. The summed E-state index contributed by atoms with van der Waals surface area (Å²) in [6.45, 7) is -0.455. The summed E-state index contributed by atoms with van der Waals surface area (Å²) < 4.78 is 0. The predicted molar refractivity (Wildman–Crippen MR) is 117 cm³/mol. The van der Waals surface area contributed by atoms with Gasteiger partial charge in [-0.2, -0.15) is 0 Å². The van der Waals surface area contributed by atoms with E-state index in [0.29, 0.717) is 5.56 Å². The molecular weight excluding hydrogens is 452 g/mol. The van der Waals surface area contributed by atoms with Crippen molar-refractivity contribution in [2.45, 2.75) is 43.8 Å². The second-order valence-electron chi connectivity index (χ2n) is 7.33. The van der Waals surface area contributed by atoms with E-state index in [9.17, 15) is 39.0 Å². The van der Waals surface area contributed by atoms with Gasteiger partial charge in [-0.05, 0) is 24.1 Å². The van der Waals surface area contributed by atoms with Crippen LogP contribution in [0.1, 0.15) is 24.8 Å². The molecular formula is C20H28N6O8. The minimum absolute atomic E-state index is 0.0310. The topological polar surface area (TPSA) is 257 Å². The lowest BCUT2D eigenvalue weighted by molar-refractivity contribution is -0.142. The Kier molecular flexibility index (Phi) is 10.9. The van der Waals surface area contributed by atoms with E-state index in [4.69, 9.17) is 17.2 Å². The van der Waals surface area contributed by atoms with Crippen molar-refractivity contribution >= 4 is 35.5 Å². The van der Waals surface area contributed by atoms with Crippen molar-refractivity contribution in [3.05, 3.63) is 29.8 Å². The number of carboxylic acids is 1. The normalized spacial score (nSPS) is 13.1. The molecule has 0 heterocycles. The molecule has 0 saturated heterocycles. The fourth-order valence-corrected chi connectivity index (χ4v) is 2.83. The van der Waals surface area contributed by atoms with Gasteiger partial charge in [-0.15, -0.1) is 0 Å². The van der Waals surface area contributed by atoms with Gasteiger partial charge in [-0.1, -0.05) is 12.1 Å². The number of benzene rings is 1. The van der Waals surface area contributed by atoms with E-state index in [1.165, 1.54) is 24.3 Å². The first kappa shape index (κ1) is 27.8. The van der Waals surface area contributed by atoms with Crippen LogP contribution in [0.2, 0.25) is 0 Å². The Morgan fingerprint density at radius 2 is 1.38 bits per heavy atom. The van der Waals surface area contributed by atoms with E-state index >= 15 is 0 Å². The number of primary amides is 2. The van der Waals surface area contributed by atoms with Gasteiger partial charge in [0.2, 0.25) is 29.5 Å². The summed E-state index contributed by atoms with van der Waals surface area (Å²) in [4.78, 5) is 71.2. The average molecular weight is 480 g/mol. The molecule has 3 unspecified atom stereocenters. The Morgan fingerprint density at radius 1 is 0.824 bits per heavy atom. The summed E-state index contributed by atoms with van der Waals surface area (Å²) in [5.74, 6) is -5.81. The van der Waals surface area contributed by atoms with Crippen LogP contribution >= 0.6 is 0 Å². The fourth-order valence-electron chi connectivity index (χ4n) is 2.83. The highest BCUT2D eigenvalue weighted by atomic mass is 16.4. The number of amides is 5. The Hall–Kier alpha value is -4.20. The van der Waals surface area contributed by atoms with Crippen molar-refractivity contribution in [1.82, 2.24) is 16.0 Å². The third-order valence-corrected chi connectivity index (χ3v) is 4.55. The van der Waals surface area contributed by atoms with E-state index in [0.717, 1.165) is 0 Å². The van der Waals surface area contributed by atoms with Crippen LogP contribution in [-0.2, 0) is 35.2 Å². The first-order chi connectivity index (χ1) is 15.9. The summed E-state index contributed by atoms with van der Waals surface area (Å²) in [7, 11) is 0. The SMILES string of the molecule is NCC(=O)NC(CCC(N)=O)C(=O)NC(CC(N)=O)C(=O)NC(Cc1ccc(O)cc1)C(=O)O. The van der Waals surface area contributed by atoms with Crippen LogP contribution in [0.15, 0.2) is 24.3 Å². The van der Waals surface area contributed by atoms with Crippen molar-refractivity contribution in [2.75, 3.05) is 6.54 Å². The average Bonchev–Trinajstić information content (AvgIpc) is 2.76. The number of aliphatic carboxylic acids is 1. The van der Waals surface area contributed by atoms with Crippen molar-refractivity contribution < 1.29 is 39.0 Å². The molecule has 186 valence electrons. The Morgan fingerprint density at radius 3 is 1.88 bits per heavy atom. The molecule has 11 N–H and O–H groups in total. The zero-order valence-electron chi connectivity index (χ0n) is 18.2. The summed E-state index contributed by atoms with van der Waals surface area (Å²) in [5.41, 5.74) is 15.9. The standard InChI is InChI=1S/C20H28N6O8/c21-9-17(30)24-12(5-6-15(22)28)18(31)25-13(8-16(23)29)19(32)26-14(20(33)34)7-10-1-3-11(27)4-2-10/h1-4,12-14,27H,5-9,21H2,(H2,22,28)(H2,23,29)(H,24,30)(H,25,31)(H,26,32)(H,33,34). The number of carboxylic acid groups (broad SMARTS) is 1. The quantitative estimate of drug-likeness (QED) is 0.132. The summed E-state index contributed by atoms with van der Waals surface area (Å²) in [5, 5.41) is 25.5. The maximum Gasteiger partial charge on any atom is 0.326 e. The maximum absolute atomic E-state index is 12.7. The number of nitrogens with one attached hydrogen (secondary N) is 3. The smallest absolute Gasteiger partial charge is 0.326 e. The molecule has 0 aliphatic heterocycles. The number of carbonyl (C=O) groups is 6. The van der Waals surface area contributed by atoms with Crippen molar-refractivity contribution in [2.24, 2.45) is 17.2 Å². The third kappa shape index (κ3) is 9.95. The highest BCUT2D eigenvalue weighted by Gasteiger charge is 2.30. The lowest BCUT2D eigenvalue weighted by Crippen LogP contribution is -2.57. The number of phenolic OH excluding ortho intramolecular Hbond substituents is 1. The molecule has 34 heavy (non-hydrogen) atoms. The van der Waals surface area contributed by atoms with Gasteiger partial charge < -0.3 is 43.4 Å². The summed E-state index contributed by atoms with van der Waals surface area (Å²) >= 11 is 0. The molecule has 5 amide bonds. The van der Waals surface area contributed by atoms with Gasteiger partial charge in [-0.3, -0.25) is 24.0 Å². The second-order valence-corrected chi connectivity index (χ2v) is 7.33. The van der Waals surface area contributed by atoms with Gasteiger partial charge in [0, 0.05) is 12.8 Å². The lowest BCUT2D eigenvalue weighted by atomic mass is 10.0. The van der Waals surface area contributed by atoms with E-state index < -0.39 is 66.6 Å². The summed E-state index contributed by atoms with van der Waals surface area (Å²) in [6, 6.07) is 1.29. The molecule has 0 fully saturated rings. The highest BCUT2D eigenvalue weighted by Crippen LogP contribution is 2.12. The first-order valence-corrected chi connectivity index (χ1v) is 10.1. The predicted octanol–water partition coefficient (Wildman–Crippen LogP) is -3.43. The van der Waals surface area contributed by atoms with Crippen LogP contribution in [0, 0.1) is 0 Å². The lowest BCUT2D eigenvalue weighted by Gasteiger charge is -2.24. The highest BCUT2D eigenvalue weighted by molar-refractivity contribution is 5.96. The van der Waals surface area contributed by atoms with Crippen LogP contribution in [-0.4, -0.2) is 70.4 Å². The molecule has 1 aromatic rings. The Balaban J connectivity index is 2.99. The van der Waals surface area contributed by atoms with Crippen LogP contribution < -0.4 is 33.2 Å². The van der Waals surface area contributed by atoms with Crippen LogP contribution in [0.5, 0.6) is 5.75 Å². The number of carbonyl (C=O) groups excluding carboxylic acids is 5. The zero-order chi connectivity index (χ0) is 25.8. The number of hydrogen-bond donors (Lipinski definition) is 8. The maximum atomic E-state index is 12.7. The number of nitrogens with two attached hydrogens (primary N) is 3. The van der Waals surface area contributed by atoms with Gasteiger partial charge in [0.05, 0.1) is 13.0 Å². The van der Waals surface area contributed by atoms with Crippen LogP contribution in [0.4, 0.5) is 0 Å². The number of rotatable bonds is 14. The monoisotopic (exact) mass is 480 g/mol. The van der Waals surface area contributed by atoms with Gasteiger partial charge >= 0.3 is 5.97 Å². The molecule has 0 saturated carbocycles. The molecule has 0 radical (unpaired) electrons. The van der Waals surface area contributed by atoms with Crippen molar-refractivity contribution in [1.29, 1.82) is 0 Å². The van der Waals surface area contributed by atoms with Crippen LogP contribution in [0.25, 0.3) is 0 Å². The van der Waals surface area contributed by atoms with Gasteiger partial charge in [-0.25, -0.2) is 4.79 Å². The number of hydrogen-bond acceptors (Lipinski definition) is 8. The molecule has 14 nitrogen and oxygen atoms in total. The molecule has 0 bridgehead atoms. The fraction of sp³-hybridized carbons (Fsp3) is 0.400. The van der Waals surface area contributed by atoms with Gasteiger partial charge in [0.25, 0.3) is 0 Å². The molecule has 0 aliphatic rings. The number of aromatic hydroxyl groups is 1. The third-order valence-electron chi connectivity index (χ3n) is 4.55. The largest absolute Gasteiger partial charge is 0.508 e. The van der Waals surface area contributed by atoms with Crippen LogP contribution in [0.3, 0.4) is 0 Å². The van der Waals surface area contributed by atoms with Gasteiger partial charge in [0.15, 0.2) is 0 Å². The molecule has 0 aliphatic carbocycles.